The molecular formula is C14H19ClO3. The van der Waals surface area contributed by atoms with Crippen LogP contribution in [0.4, 0.5) is 0 Å². The summed E-state index contributed by atoms with van der Waals surface area (Å²) in [7, 11) is 3.04. The number of hydrogen-bond donors (Lipinski definition) is 0. The summed E-state index contributed by atoms with van der Waals surface area (Å²) in [6.07, 6.45) is 1.50. The van der Waals surface area contributed by atoms with Gasteiger partial charge in [0.15, 0.2) is 17.3 Å². The van der Waals surface area contributed by atoms with Crippen molar-refractivity contribution in [2.75, 3.05) is 14.2 Å². The maximum atomic E-state index is 12.1. The van der Waals surface area contributed by atoms with Gasteiger partial charge in [0, 0.05) is 12.0 Å². The van der Waals surface area contributed by atoms with Crippen molar-refractivity contribution in [3.8, 4) is 11.5 Å². The molecule has 0 saturated carbocycles. The lowest BCUT2D eigenvalue weighted by Gasteiger charge is -2.12. The Balaban J connectivity index is 3.04. The van der Waals surface area contributed by atoms with Crippen molar-refractivity contribution >= 4 is 17.4 Å². The Hall–Kier alpha value is -1.22. The normalized spacial score (nSPS) is 12.1. The number of carbonyl (C=O) groups excluding carboxylic acids is 1. The second-order valence-electron chi connectivity index (χ2n) is 4.33. The maximum Gasteiger partial charge on any atom is 0.179 e. The van der Waals surface area contributed by atoms with Crippen molar-refractivity contribution < 1.29 is 14.3 Å². The Bertz CT molecular complexity index is 429. The van der Waals surface area contributed by atoms with Crippen LogP contribution in [0, 0.1) is 5.92 Å². The van der Waals surface area contributed by atoms with Gasteiger partial charge in [0.2, 0.25) is 0 Å². The van der Waals surface area contributed by atoms with E-state index in [1.807, 2.05) is 0 Å². The lowest BCUT2D eigenvalue weighted by molar-refractivity contribution is 0.0963. The minimum Gasteiger partial charge on any atom is -0.493 e. The fourth-order valence-electron chi connectivity index (χ4n) is 1.66. The van der Waals surface area contributed by atoms with E-state index in [2.05, 4.69) is 13.8 Å². The van der Waals surface area contributed by atoms with Gasteiger partial charge in [0.1, 0.15) is 0 Å². The van der Waals surface area contributed by atoms with E-state index in [0.29, 0.717) is 34.4 Å². The number of Topliss-reactive ketones (excluding diaryl/α,β-unsaturated/α-hetero) is 1. The minimum atomic E-state index is 0.0761. The number of ketones is 1. The maximum absolute atomic E-state index is 12.1. The lowest BCUT2D eigenvalue weighted by atomic mass is 9.97. The van der Waals surface area contributed by atoms with Gasteiger partial charge in [0.25, 0.3) is 0 Å². The third-order valence-corrected chi connectivity index (χ3v) is 3.27. The number of hydrogen-bond acceptors (Lipinski definition) is 3. The summed E-state index contributed by atoms with van der Waals surface area (Å²) in [6, 6.07) is 3.31. The number of rotatable bonds is 6. The molecule has 1 aromatic rings. The van der Waals surface area contributed by atoms with Crippen LogP contribution in [0.25, 0.3) is 0 Å². The summed E-state index contributed by atoms with van der Waals surface area (Å²) < 4.78 is 10.3. The van der Waals surface area contributed by atoms with Crippen LogP contribution in [-0.2, 0) is 0 Å². The van der Waals surface area contributed by atoms with Gasteiger partial charge in [-0.15, -0.1) is 0 Å². The highest BCUT2D eigenvalue weighted by atomic mass is 35.5. The van der Waals surface area contributed by atoms with Crippen LogP contribution < -0.4 is 9.47 Å². The van der Waals surface area contributed by atoms with E-state index in [0.717, 1.165) is 6.42 Å². The molecule has 0 bridgehead atoms. The van der Waals surface area contributed by atoms with Gasteiger partial charge in [-0.3, -0.25) is 4.79 Å². The third kappa shape index (κ3) is 3.39. The van der Waals surface area contributed by atoms with E-state index in [-0.39, 0.29) is 5.78 Å². The second kappa shape index (κ2) is 6.64. The zero-order chi connectivity index (χ0) is 13.7. The molecule has 0 N–H and O–H groups in total. The fraction of sp³-hybridized carbons (Fsp3) is 0.500. The first-order valence-electron chi connectivity index (χ1n) is 5.98. The summed E-state index contributed by atoms with van der Waals surface area (Å²) in [5, 5.41) is 0.393. The molecule has 1 rings (SSSR count). The zero-order valence-corrected chi connectivity index (χ0v) is 12.0. The first kappa shape index (κ1) is 14.8. The Morgan fingerprint density at radius 2 is 2.00 bits per heavy atom. The average Bonchev–Trinajstić information content (AvgIpc) is 2.37. The van der Waals surface area contributed by atoms with E-state index in [9.17, 15) is 4.79 Å². The average molecular weight is 271 g/mol. The van der Waals surface area contributed by atoms with Gasteiger partial charge in [-0.05, 0) is 18.1 Å². The molecule has 0 radical (unpaired) electrons. The van der Waals surface area contributed by atoms with Crippen LogP contribution in [0.5, 0.6) is 11.5 Å². The van der Waals surface area contributed by atoms with Crippen LogP contribution in [-0.4, -0.2) is 20.0 Å². The molecule has 0 spiro atoms. The van der Waals surface area contributed by atoms with Gasteiger partial charge >= 0.3 is 0 Å². The lowest BCUT2D eigenvalue weighted by Crippen LogP contribution is -2.06. The first-order valence-corrected chi connectivity index (χ1v) is 6.36. The highest BCUT2D eigenvalue weighted by Crippen LogP contribution is 2.36. The minimum absolute atomic E-state index is 0.0761. The Kier molecular flexibility index (Phi) is 5.48. The summed E-state index contributed by atoms with van der Waals surface area (Å²) >= 11 is 6.07. The molecule has 0 heterocycles. The van der Waals surface area contributed by atoms with E-state index < -0.39 is 0 Å². The predicted octanol–water partition coefficient (Wildman–Crippen LogP) is 3.98. The largest absolute Gasteiger partial charge is 0.493 e. The van der Waals surface area contributed by atoms with Gasteiger partial charge < -0.3 is 9.47 Å². The number of halogens is 1. The van der Waals surface area contributed by atoms with E-state index >= 15 is 0 Å². The molecular weight excluding hydrogens is 252 g/mol. The van der Waals surface area contributed by atoms with Crippen molar-refractivity contribution in [1.82, 2.24) is 0 Å². The molecule has 100 valence electrons. The quantitative estimate of drug-likeness (QED) is 0.734. The van der Waals surface area contributed by atoms with Crippen molar-refractivity contribution in [1.29, 1.82) is 0 Å². The molecule has 0 fully saturated rings. The van der Waals surface area contributed by atoms with Gasteiger partial charge in [-0.25, -0.2) is 0 Å². The van der Waals surface area contributed by atoms with Crippen molar-refractivity contribution in [2.45, 2.75) is 26.7 Å². The van der Waals surface area contributed by atoms with Crippen molar-refractivity contribution in [3.05, 3.63) is 22.7 Å². The van der Waals surface area contributed by atoms with Crippen molar-refractivity contribution in [3.63, 3.8) is 0 Å². The van der Waals surface area contributed by atoms with Gasteiger partial charge in [0.05, 0.1) is 19.2 Å². The van der Waals surface area contributed by atoms with Crippen LogP contribution in [0.2, 0.25) is 5.02 Å². The summed E-state index contributed by atoms with van der Waals surface area (Å²) in [4.78, 5) is 12.1. The van der Waals surface area contributed by atoms with E-state index in [1.165, 1.54) is 14.2 Å². The molecule has 1 unspecified atom stereocenters. The summed E-state index contributed by atoms with van der Waals surface area (Å²) in [5.41, 5.74) is 0.568. The van der Waals surface area contributed by atoms with E-state index in [1.54, 1.807) is 12.1 Å². The van der Waals surface area contributed by atoms with Crippen LogP contribution in [0.1, 0.15) is 37.0 Å². The second-order valence-corrected chi connectivity index (χ2v) is 4.74. The Labute approximate surface area is 113 Å². The van der Waals surface area contributed by atoms with Crippen molar-refractivity contribution in [2.24, 2.45) is 5.92 Å². The SMILES string of the molecule is CCC(C)CC(=O)c1cc(Cl)c(OC)c(OC)c1. The molecule has 3 nitrogen and oxygen atoms in total. The van der Waals surface area contributed by atoms with Crippen LogP contribution in [0.15, 0.2) is 12.1 Å². The first-order chi connectivity index (χ1) is 8.53. The molecule has 4 heteroatoms. The zero-order valence-electron chi connectivity index (χ0n) is 11.2. The number of carbonyl (C=O) groups is 1. The molecule has 0 saturated heterocycles. The molecule has 0 amide bonds. The smallest absolute Gasteiger partial charge is 0.179 e. The molecule has 0 aliphatic heterocycles. The summed E-state index contributed by atoms with van der Waals surface area (Å²) in [5.74, 6) is 1.38. The summed E-state index contributed by atoms with van der Waals surface area (Å²) in [6.45, 7) is 4.12. The Morgan fingerprint density at radius 3 is 2.50 bits per heavy atom. The van der Waals surface area contributed by atoms with Gasteiger partial charge in [-0.2, -0.15) is 0 Å². The molecule has 1 aromatic carbocycles. The molecule has 0 aliphatic rings. The highest BCUT2D eigenvalue weighted by molar-refractivity contribution is 6.32. The standard InChI is InChI=1S/C14H19ClO3/c1-5-9(2)6-12(16)10-7-11(15)14(18-4)13(8-10)17-3/h7-9H,5-6H2,1-4H3. The molecule has 0 aliphatic carbocycles. The number of ether oxygens (including phenoxy) is 2. The highest BCUT2D eigenvalue weighted by Gasteiger charge is 2.16. The number of methoxy groups -OCH3 is 2. The monoisotopic (exact) mass is 270 g/mol. The Morgan fingerprint density at radius 1 is 1.33 bits per heavy atom. The topological polar surface area (TPSA) is 35.5 Å². The van der Waals surface area contributed by atoms with Gasteiger partial charge in [-0.1, -0.05) is 31.9 Å². The van der Waals surface area contributed by atoms with Crippen LogP contribution >= 0.6 is 11.6 Å². The fourth-order valence-corrected chi connectivity index (χ4v) is 1.95. The number of benzene rings is 1. The molecule has 18 heavy (non-hydrogen) atoms. The van der Waals surface area contributed by atoms with Crippen LogP contribution in [0.3, 0.4) is 0 Å². The van der Waals surface area contributed by atoms with E-state index in [4.69, 9.17) is 21.1 Å². The third-order valence-electron chi connectivity index (χ3n) is 2.99. The molecule has 0 aromatic heterocycles. The molecule has 1 atom stereocenters. The predicted molar refractivity (Wildman–Crippen MR) is 73.0 cm³/mol.